The third-order valence-corrected chi connectivity index (χ3v) is 6.00. The standard InChI is InChI=1S/2C10H9O2.2C9H7NO.ClH.Ti/c2*1-8(11)7-10(12)9-5-3-2-4-6-9;2*11-9-5-6-10-8-4-2-1-3-7(8)9;;/h2*2-7H,1H3;2*1-6H,(H,10,11);1H;/q2*-1;;;;+4/p-2. The molecule has 0 unspecified atom stereocenters. The fourth-order valence-electron chi connectivity index (χ4n) is 3.88. The summed E-state index contributed by atoms with van der Waals surface area (Å²) >= 11 is 0. The summed E-state index contributed by atoms with van der Waals surface area (Å²) in [5.74, 6) is -0.829. The van der Waals surface area contributed by atoms with Gasteiger partial charge in [0.25, 0.3) is 0 Å². The van der Waals surface area contributed by atoms with Gasteiger partial charge in [-0.2, -0.15) is 0 Å². The first-order chi connectivity index (χ1) is 22.2. The Morgan fingerprint density at radius 2 is 0.812 bits per heavy atom. The molecule has 0 spiro atoms. The maximum absolute atomic E-state index is 11.2. The minimum Gasteiger partial charge on any atom is -0.872 e. The number of pyridine rings is 2. The Kier molecular flexibility index (Phi) is 18.3. The van der Waals surface area contributed by atoms with Gasteiger partial charge in [0.15, 0.2) is 0 Å². The van der Waals surface area contributed by atoms with E-state index in [1.807, 2.05) is 48.5 Å². The van der Waals surface area contributed by atoms with E-state index in [4.69, 9.17) is 0 Å². The van der Waals surface area contributed by atoms with E-state index in [2.05, 4.69) is 9.97 Å². The molecule has 2 aromatic heterocycles. The first-order valence-electron chi connectivity index (χ1n) is 14.1. The monoisotopic (exact) mass is 694 g/mol. The van der Waals surface area contributed by atoms with Gasteiger partial charge in [0, 0.05) is 24.0 Å². The van der Waals surface area contributed by atoms with Crippen molar-refractivity contribution in [3.8, 4) is 11.5 Å². The number of halogens is 1. The van der Waals surface area contributed by atoms with Crippen molar-refractivity contribution >= 4 is 57.3 Å². The molecular weight excluding hydrogens is 664 g/mol. The van der Waals surface area contributed by atoms with E-state index in [1.165, 1.54) is 38.4 Å². The smallest absolute Gasteiger partial charge is 0.872 e. The second kappa shape index (κ2) is 21.5. The van der Waals surface area contributed by atoms with E-state index in [9.17, 15) is 29.4 Å². The summed E-state index contributed by atoms with van der Waals surface area (Å²) in [7, 11) is 0. The van der Waals surface area contributed by atoms with Crippen LogP contribution < -0.4 is 10.2 Å². The van der Waals surface area contributed by atoms with E-state index in [1.54, 1.807) is 60.7 Å². The number of hydrogen-bond acceptors (Lipinski definition) is 8. The Balaban J connectivity index is 0.000000316. The fourth-order valence-corrected chi connectivity index (χ4v) is 3.88. The molecule has 0 N–H and O–H groups in total. The number of rotatable bonds is 6. The topological polar surface area (TPSA) is 140 Å². The molecule has 0 atom stereocenters. The zero-order chi connectivity index (χ0) is 33.3. The average Bonchev–Trinajstić information content (AvgIpc) is 3.06. The van der Waals surface area contributed by atoms with Crippen molar-refractivity contribution in [2.24, 2.45) is 0 Å². The number of hydrogen-bond donors (Lipinski definition) is 0. The van der Waals surface area contributed by atoms with E-state index >= 15 is 0 Å². The molecule has 0 aliphatic heterocycles. The summed E-state index contributed by atoms with van der Waals surface area (Å²) in [6, 6.07) is 35.0. The quantitative estimate of drug-likeness (QED) is 0.0849. The van der Waals surface area contributed by atoms with Gasteiger partial charge in [-0.25, -0.2) is 0 Å². The van der Waals surface area contributed by atoms with Crippen LogP contribution in [0.25, 0.3) is 21.8 Å². The van der Waals surface area contributed by atoms with Crippen LogP contribution in [-0.2, 0) is 31.3 Å². The minimum absolute atomic E-state index is 0. The molecule has 4 aromatic carbocycles. The summed E-state index contributed by atoms with van der Waals surface area (Å²) in [4.78, 5) is 51.5. The first kappa shape index (κ1) is 40.7. The second-order valence-corrected chi connectivity index (χ2v) is 9.62. The molecule has 0 amide bonds. The molecule has 10 heteroatoms. The van der Waals surface area contributed by atoms with Gasteiger partial charge in [0.2, 0.25) is 0 Å². The van der Waals surface area contributed by atoms with Crippen molar-refractivity contribution in [1.29, 1.82) is 0 Å². The van der Waals surface area contributed by atoms with E-state index in [-0.39, 0.29) is 68.8 Å². The van der Waals surface area contributed by atoms with Crippen LogP contribution in [0, 0.1) is 12.8 Å². The molecule has 0 aliphatic rings. The van der Waals surface area contributed by atoms with Crippen LogP contribution in [0.3, 0.4) is 0 Å². The maximum atomic E-state index is 11.2. The van der Waals surface area contributed by atoms with Crippen molar-refractivity contribution in [3.05, 3.63) is 158 Å². The Bertz CT molecular complexity index is 1770. The summed E-state index contributed by atoms with van der Waals surface area (Å²) in [5, 5.41) is 23.7. The Morgan fingerprint density at radius 3 is 1.12 bits per heavy atom. The molecule has 240 valence electrons. The SMILES string of the molecule is CC(=O)[CH-]C(=O)c1ccccc1.CC(=O)[CH-]C(=O)c1ccccc1.Cl.[O-]c1ccnc2ccccc12.[O-]c1ccnc2ccccc12.[Ti+4]. The van der Waals surface area contributed by atoms with E-state index in [0.29, 0.717) is 21.9 Å². The van der Waals surface area contributed by atoms with Crippen LogP contribution in [0.4, 0.5) is 0 Å². The Morgan fingerprint density at radius 1 is 0.500 bits per heavy atom. The predicted octanol–water partition coefficient (Wildman–Crippen LogP) is 6.36. The second-order valence-electron chi connectivity index (χ2n) is 9.62. The molecule has 0 radical (unpaired) electrons. The molecule has 0 fully saturated rings. The molecule has 48 heavy (non-hydrogen) atoms. The normalized spacial score (nSPS) is 9.21. The fraction of sp³-hybridized carbons (Fsp3) is 0.0526. The van der Waals surface area contributed by atoms with Gasteiger partial charge in [-0.05, 0) is 36.8 Å². The average molecular weight is 695 g/mol. The van der Waals surface area contributed by atoms with Crippen LogP contribution in [-0.4, -0.2) is 33.1 Å². The van der Waals surface area contributed by atoms with Crippen molar-refractivity contribution in [1.82, 2.24) is 9.97 Å². The summed E-state index contributed by atoms with van der Waals surface area (Å²) in [5.41, 5.74) is 2.63. The van der Waals surface area contributed by atoms with Crippen LogP contribution in [0.15, 0.2) is 134 Å². The Labute approximate surface area is 300 Å². The third kappa shape index (κ3) is 13.6. The summed E-state index contributed by atoms with van der Waals surface area (Å²) in [6.45, 7) is 2.72. The number of benzene rings is 4. The molecule has 8 nitrogen and oxygen atoms in total. The van der Waals surface area contributed by atoms with E-state index in [0.717, 1.165) is 23.9 Å². The van der Waals surface area contributed by atoms with Crippen LogP contribution in [0.5, 0.6) is 11.5 Å². The zero-order valence-corrected chi connectivity index (χ0v) is 28.5. The number of ketones is 4. The number of nitrogens with zero attached hydrogens (tertiary/aromatic N) is 2. The Hall–Kier alpha value is -5.28. The molecular formula is C38H31ClN2O6Ti. The van der Waals surface area contributed by atoms with Crippen LogP contribution in [0.2, 0.25) is 0 Å². The zero-order valence-electron chi connectivity index (χ0n) is 26.1. The molecule has 0 saturated carbocycles. The van der Waals surface area contributed by atoms with Crippen LogP contribution in [0.1, 0.15) is 34.6 Å². The number of fused-ring (bicyclic) bond motifs is 2. The van der Waals surface area contributed by atoms with Gasteiger partial charge in [0.1, 0.15) is 0 Å². The largest absolute Gasteiger partial charge is 4.00 e. The van der Waals surface area contributed by atoms with Crippen molar-refractivity contribution in [2.75, 3.05) is 0 Å². The van der Waals surface area contributed by atoms with Gasteiger partial charge >= 0.3 is 21.7 Å². The number of aromatic nitrogens is 2. The first-order valence-corrected chi connectivity index (χ1v) is 14.1. The summed E-state index contributed by atoms with van der Waals surface area (Å²) in [6.07, 6.45) is 5.25. The third-order valence-electron chi connectivity index (χ3n) is 6.00. The number of carbonyl (C=O) groups excluding carboxylic acids is 4. The minimum atomic E-state index is -0.233. The summed E-state index contributed by atoms with van der Waals surface area (Å²) < 4.78 is 0. The van der Waals surface area contributed by atoms with Crippen molar-refractivity contribution in [3.63, 3.8) is 0 Å². The number of para-hydroxylation sites is 2. The van der Waals surface area contributed by atoms with E-state index < -0.39 is 0 Å². The molecule has 6 aromatic rings. The number of carbonyl (C=O) groups is 4. The van der Waals surface area contributed by atoms with Crippen molar-refractivity contribution < 1.29 is 51.1 Å². The molecule has 0 bridgehead atoms. The van der Waals surface area contributed by atoms with Gasteiger partial charge in [0.05, 0.1) is 22.6 Å². The molecule has 0 aliphatic carbocycles. The molecule has 6 rings (SSSR count). The van der Waals surface area contributed by atoms with Crippen LogP contribution >= 0.6 is 12.4 Å². The number of Topliss-reactive ketones (excluding diaryl/α,β-unsaturated/α-hetero) is 4. The predicted molar refractivity (Wildman–Crippen MR) is 181 cm³/mol. The van der Waals surface area contributed by atoms with Gasteiger partial charge < -0.3 is 29.4 Å². The molecule has 2 heterocycles. The van der Waals surface area contributed by atoms with Gasteiger partial charge in [-0.15, -0.1) is 60.6 Å². The van der Waals surface area contributed by atoms with Crippen molar-refractivity contribution in [2.45, 2.75) is 13.8 Å². The maximum Gasteiger partial charge on any atom is 4.00 e. The van der Waals surface area contributed by atoms with Gasteiger partial charge in [-0.1, -0.05) is 96.4 Å². The molecule has 0 saturated heterocycles. The van der Waals surface area contributed by atoms with Gasteiger partial charge in [-0.3, -0.25) is 9.97 Å².